The van der Waals surface area contributed by atoms with Crippen LogP contribution in [0.2, 0.25) is 0 Å². The van der Waals surface area contributed by atoms with Gasteiger partial charge in [0.15, 0.2) is 0 Å². The standard InChI is InChI=1S/C71H135N2O6P/c1-6-8-10-12-14-16-18-20-22-24-26-28-30-32-34-35-36-37-39-40-42-44-46-48-50-52-54-56-58-60-62-64-70(74)69(68-79-80(76,77)78-67-66-73(3,4)5)72-71(75)65-63-61-59-57-55-53-51-49-47-45-43-41-38-33-31-29-27-25-23-21-19-17-15-13-11-9-7-2/h9,11,15,17,21,23,27,29,62,64,69-70,74H,6-8,10,12-14,16,18-20,22,24-26,28,30-61,63,65-68H2,1-5H3,(H-,72,75,76,77)/b11-9-,17-15-,23-21-,29-27-,64-62+. The van der Waals surface area contributed by atoms with E-state index < -0.39 is 20.0 Å². The van der Waals surface area contributed by atoms with Crippen molar-refractivity contribution >= 4 is 13.7 Å². The van der Waals surface area contributed by atoms with E-state index in [2.05, 4.69) is 67.8 Å². The van der Waals surface area contributed by atoms with Gasteiger partial charge in [0.25, 0.3) is 7.82 Å². The monoisotopic (exact) mass is 1140 g/mol. The van der Waals surface area contributed by atoms with E-state index in [4.69, 9.17) is 9.05 Å². The first kappa shape index (κ1) is 78.2. The second-order valence-corrected chi connectivity index (χ2v) is 26.3. The molecule has 0 aliphatic heterocycles. The summed E-state index contributed by atoms with van der Waals surface area (Å²) >= 11 is 0. The van der Waals surface area contributed by atoms with E-state index in [1.807, 2.05) is 27.2 Å². The van der Waals surface area contributed by atoms with Gasteiger partial charge in [-0.2, -0.15) is 0 Å². The molecule has 1 amide bonds. The fourth-order valence-electron chi connectivity index (χ4n) is 10.4. The minimum atomic E-state index is -4.61. The Kier molecular flexibility index (Phi) is 60.4. The Morgan fingerprint density at radius 2 is 0.762 bits per heavy atom. The van der Waals surface area contributed by atoms with Gasteiger partial charge in [0.05, 0.1) is 39.9 Å². The molecule has 0 aliphatic carbocycles. The summed E-state index contributed by atoms with van der Waals surface area (Å²) in [4.78, 5) is 25.6. The Bertz CT molecular complexity index is 1490. The third-order valence-electron chi connectivity index (χ3n) is 15.7. The van der Waals surface area contributed by atoms with Crippen molar-refractivity contribution in [1.29, 1.82) is 0 Å². The Balaban J connectivity index is 4.07. The number of carbonyl (C=O) groups excluding carboxylic acids is 1. The van der Waals surface area contributed by atoms with Gasteiger partial charge in [-0.25, -0.2) is 0 Å². The zero-order valence-electron chi connectivity index (χ0n) is 53.8. The number of unbranched alkanes of at least 4 members (excludes halogenated alkanes) is 43. The van der Waals surface area contributed by atoms with E-state index in [9.17, 15) is 19.4 Å². The molecule has 0 radical (unpaired) electrons. The van der Waals surface area contributed by atoms with Crippen LogP contribution in [0.5, 0.6) is 0 Å². The summed E-state index contributed by atoms with van der Waals surface area (Å²) in [5.74, 6) is -0.195. The predicted molar refractivity (Wildman–Crippen MR) is 348 cm³/mol. The van der Waals surface area contributed by atoms with Crippen molar-refractivity contribution < 1.29 is 32.9 Å². The van der Waals surface area contributed by atoms with Crippen LogP contribution in [-0.2, 0) is 18.4 Å². The summed E-state index contributed by atoms with van der Waals surface area (Å²) in [6.45, 7) is 4.58. The van der Waals surface area contributed by atoms with Gasteiger partial charge in [-0.1, -0.05) is 331 Å². The molecule has 0 spiro atoms. The lowest BCUT2D eigenvalue weighted by molar-refractivity contribution is -0.870. The zero-order chi connectivity index (χ0) is 58.4. The van der Waals surface area contributed by atoms with Crippen LogP contribution in [-0.4, -0.2) is 68.5 Å². The second-order valence-electron chi connectivity index (χ2n) is 24.9. The molecular formula is C71H135N2O6P. The molecule has 0 aliphatic rings. The summed E-state index contributed by atoms with van der Waals surface area (Å²) < 4.78 is 23.5. The van der Waals surface area contributed by atoms with Crippen molar-refractivity contribution in [3.63, 3.8) is 0 Å². The smallest absolute Gasteiger partial charge is 0.268 e. The zero-order valence-corrected chi connectivity index (χ0v) is 54.7. The first-order valence-corrected chi connectivity index (χ1v) is 36.1. The molecule has 0 saturated heterocycles. The number of amides is 1. The van der Waals surface area contributed by atoms with Gasteiger partial charge in [0, 0.05) is 6.42 Å². The third-order valence-corrected chi connectivity index (χ3v) is 16.7. The van der Waals surface area contributed by atoms with Gasteiger partial charge in [-0.05, 0) is 57.8 Å². The number of allylic oxidation sites excluding steroid dienone is 9. The quantitative estimate of drug-likeness (QED) is 0.0272. The Labute approximate surface area is 498 Å². The highest BCUT2D eigenvalue weighted by Crippen LogP contribution is 2.38. The summed E-state index contributed by atoms with van der Waals surface area (Å²) in [7, 11) is 1.27. The van der Waals surface area contributed by atoms with Crippen molar-refractivity contribution in [2.24, 2.45) is 0 Å². The number of quaternary nitrogens is 1. The molecule has 0 aromatic rings. The molecule has 0 saturated carbocycles. The third kappa shape index (κ3) is 63.8. The molecule has 470 valence electrons. The van der Waals surface area contributed by atoms with E-state index in [0.29, 0.717) is 17.4 Å². The molecular weight excluding hydrogens is 1010 g/mol. The fourth-order valence-corrected chi connectivity index (χ4v) is 11.1. The molecule has 0 fully saturated rings. The molecule has 80 heavy (non-hydrogen) atoms. The molecule has 0 heterocycles. The first-order chi connectivity index (χ1) is 39.0. The number of nitrogens with zero attached hydrogens (tertiary/aromatic N) is 1. The molecule has 3 unspecified atom stereocenters. The van der Waals surface area contributed by atoms with Gasteiger partial charge in [-0.3, -0.25) is 9.36 Å². The van der Waals surface area contributed by atoms with Gasteiger partial charge in [0.1, 0.15) is 13.2 Å². The number of aliphatic hydroxyl groups is 1. The highest BCUT2D eigenvalue weighted by molar-refractivity contribution is 7.45. The normalized spacial score (nSPS) is 14.0. The number of carbonyl (C=O) groups is 1. The molecule has 2 N–H and O–H groups in total. The number of hydrogen-bond acceptors (Lipinski definition) is 6. The van der Waals surface area contributed by atoms with Crippen LogP contribution in [0.4, 0.5) is 0 Å². The fraction of sp³-hybridized carbons (Fsp3) is 0.845. The Hall–Kier alpha value is -1.80. The highest BCUT2D eigenvalue weighted by Gasteiger charge is 2.23. The van der Waals surface area contributed by atoms with Crippen molar-refractivity contribution in [2.45, 2.75) is 347 Å². The number of likely N-dealkylation sites (N-methyl/N-ethyl adjacent to an activating group) is 1. The predicted octanol–water partition coefficient (Wildman–Crippen LogP) is 21.4. The summed E-state index contributed by atoms with van der Waals surface area (Å²) in [5.41, 5.74) is 0. The van der Waals surface area contributed by atoms with Crippen LogP contribution in [0, 0.1) is 0 Å². The van der Waals surface area contributed by atoms with Gasteiger partial charge >= 0.3 is 0 Å². The van der Waals surface area contributed by atoms with Crippen LogP contribution in [0.3, 0.4) is 0 Å². The summed E-state index contributed by atoms with van der Waals surface area (Å²) in [6, 6.07) is -0.891. The number of rotatable bonds is 64. The lowest BCUT2D eigenvalue weighted by Crippen LogP contribution is -2.45. The van der Waals surface area contributed by atoms with Crippen molar-refractivity contribution in [1.82, 2.24) is 5.32 Å². The van der Waals surface area contributed by atoms with Crippen LogP contribution in [0.15, 0.2) is 60.8 Å². The number of hydrogen-bond donors (Lipinski definition) is 2. The van der Waals surface area contributed by atoms with E-state index in [0.717, 1.165) is 64.2 Å². The van der Waals surface area contributed by atoms with Crippen molar-refractivity contribution in [3.05, 3.63) is 60.8 Å². The van der Waals surface area contributed by atoms with E-state index >= 15 is 0 Å². The number of phosphoric ester groups is 1. The molecule has 3 atom stereocenters. The van der Waals surface area contributed by atoms with Crippen molar-refractivity contribution in [3.8, 4) is 0 Å². The molecule has 8 nitrogen and oxygen atoms in total. The van der Waals surface area contributed by atoms with E-state index in [1.54, 1.807) is 6.08 Å². The van der Waals surface area contributed by atoms with Gasteiger partial charge in [-0.15, -0.1) is 0 Å². The van der Waals surface area contributed by atoms with Crippen molar-refractivity contribution in [2.75, 3.05) is 40.9 Å². The molecule has 0 bridgehead atoms. The van der Waals surface area contributed by atoms with Crippen LogP contribution in [0.25, 0.3) is 0 Å². The SMILES string of the molecule is CC/C=C\C/C=C\C/C=C\C/C=C\CCCCCCCCCCCCCCCCC(=O)NC(COP(=O)([O-])OCC[N+](C)(C)C)C(O)/C=C/CCCCCCCCCCCCCCCCCCCCCCCCCCCCCCC. The maximum Gasteiger partial charge on any atom is 0.268 e. The summed E-state index contributed by atoms with van der Waals surface area (Å²) in [6.07, 6.45) is 84.8. The second kappa shape index (κ2) is 61.8. The average Bonchev–Trinajstić information content (AvgIpc) is 3.42. The number of nitrogens with one attached hydrogen (secondary N) is 1. The topological polar surface area (TPSA) is 108 Å². The van der Waals surface area contributed by atoms with Crippen LogP contribution < -0.4 is 10.2 Å². The first-order valence-electron chi connectivity index (χ1n) is 34.7. The largest absolute Gasteiger partial charge is 0.756 e. The molecule has 0 rings (SSSR count). The summed E-state index contributed by atoms with van der Waals surface area (Å²) in [5, 5.41) is 14.0. The van der Waals surface area contributed by atoms with E-state index in [-0.39, 0.29) is 19.1 Å². The Morgan fingerprint density at radius 1 is 0.450 bits per heavy atom. The minimum absolute atomic E-state index is 0.00157. The van der Waals surface area contributed by atoms with E-state index in [1.165, 1.54) is 250 Å². The average molecular weight is 1140 g/mol. The van der Waals surface area contributed by atoms with Gasteiger partial charge < -0.3 is 28.8 Å². The highest BCUT2D eigenvalue weighted by atomic mass is 31.2. The maximum atomic E-state index is 13.0. The number of phosphoric acid groups is 1. The molecule has 0 aromatic heterocycles. The molecule has 9 heteroatoms. The van der Waals surface area contributed by atoms with Gasteiger partial charge in [0.2, 0.25) is 5.91 Å². The maximum absolute atomic E-state index is 13.0. The lowest BCUT2D eigenvalue weighted by Gasteiger charge is -2.29. The van der Waals surface area contributed by atoms with Crippen LogP contribution >= 0.6 is 7.82 Å². The number of aliphatic hydroxyl groups excluding tert-OH is 1. The molecule has 0 aromatic carbocycles. The Morgan fingerprint density at radius 3 is 1.11 bits per heavy atom. The van der Waals surface area contributed by atoms with Crippen LogP contribution in [0.1, 0.15) is 335 Å². The lowest BCUT2D eigenvalue weighted by atomic mass is 10.0. The minimum Gasteiger partial charge on any atom is -0.756 e.